The summed E-state index contributed by atoms with van der Waals surface area (Å²) < 4.78 is 0. The second-order valence-corrected chi connectivity index (χ2v) is 3.13. The van der Waals surface area contributed by atoms with E-state index in [1.807, 2.05) is 6.07 Å². The van der Waals surface area contributed by atoms with Gasteiger partial charge in [0.2, 0.25) is 0 Å². The van der Waals surface area contributed by atoms with Crippen LogP contribution >= 0.6 is 0 Å². The molecule has 15 heavy (non-hydrogen) atoms. The van der Waals surface area contributed by atoms with Gasteiger partial charge in [0.15, 0.2) is 5.82 Å². The Morgan fingerprint density at radius 2 is 2.33 bits per heavy atom. The van der Waals surface area contributed by atoms with Crippen LogP contribution in [0.3, 0.4) is 0 Å². The van der Waals surface area contributed by atoms with Crippen molar-refractivity contribution < 1.29 is 4.79 Å². The van der Waals surface area contributed by atoms with E-state index in [4.69, 9.17) is 5.26 Å². The summed E-state index contributed by atoms with van der Waals surface area (Å²) in [5.74, 6) is 0.109. The third-order valence-corrected chi connectivity index (χ3v) is 1.89. The van der Waals surface area contributed by atoms with E-state index in [9.17, 15) is 4.79 Å². The molecule has 0 atom stereocenters. The van der Waals surface area contributed by atoms with E-state index in [0.717, 1.165) is 0 Å². The summed E-state index contributed by atoms with van der Waals surface area (Å²) in [6.45, 7) is 5.17. The lowest BCUT2D eigenvalue weighted by atomic mass is 10.2. The third-order valence-electron chi connectivity index (χ3n) is 1.89. The molecule has 0 aliphatic heterocycles. The van der Waals surface area contributed by atoms with Gasteiger partial charge in [0.25, 0.3) is 5.91 Å². The molecule has 1 rings (SSSR count). The highest BCUT2D eigenvalue weighted by Gasteiger charge is 2.15. The summed E-state index contributed by atoms with van der Waals surface area (Å²) in [5, 5.41) is 8.84. The smallest absolute Gasteiger partial charge is 0.254 e. The van der Waals surface area contributed by atoms with Crippen LogP contribution < -0.4 is 4.90 Å². The number of rotatable bonds is 2. The maximum atomic E-state index is 11.6. The van der Waals surface area contributed by atoms with Crippen LogP contribution in [0.25, 0.3) is 0 Å². The number of aromatic nitrogens is 1. The van der Waals surface area contributed by atoms with Crippen molar-refractivity contribution >= 4 is 11.7 Å². The van der Waals surface area contributed by atoms with Gasteiger partial charge in [0.1, 0.15) is 6.07 Å². The number of anilines is 1. The predicted molar refractivity (Wildman–Crippen MR) is 57.2 cm³/mol. The molecular formula is C11H11N3O. The van der Waals surface area contributed by atoms with Crippen molar-refractivity contribution in [2.24, 2.45) is 0 Å². The van der Waals surface area contributed by atoms with Crippen molar-refractivity contribution in [3.05, 3.63) is 36.0 Å². The highest BCUT2D eigenvalue weighted by Crippen LogP contribution is 2.15. The zero-order chi connectivity index (χ0) is 11.4. The molecule has 0 fully saturated rings. The van der Waals surface area contributed by atoms with Gasteiger partial charge in [-0.3, -0.25) is 9.69 Å². The highest BCUT2D eigenvalue weighted by atomic mass is 16.2. The van der Waals surface area contributed by atoms with E-state index >= 15 is 0 Å². The quantitative estimate of drug-likeness (QED) is 0.681. The third kappa shape index (κ3) is 2.20. The van der Waals surface area contributed by atoms with E-state index < -0.39 is 0 Å². The number of carbonyl (C=O) groups excluding carboxylic acids is 1. The number of hydrogen-bond donors (Lipinski definition) is 0. The fourth-order valence-corrected chi connectivity index (χ4v) is 1.13. The second-order valence-electron chi connectivity index (χ2n) is 3.13. The van der Waals surface area contributed by atoms with Gasteiger partial charge in [-0.1, -0.05) is 6.58 Å². The summed E-state index contributed by atoms with van der Waals surface area (Å²) in [4.78, 5) is 16.9. The second kappa shape index (κ2) is 4.38. The molecule has 0 saturated heterocycles. The van der Waals surface area contributed by atoms with Crippen molar-refractivity contribution in [1.29, 1.82) is 5.26 Å². The predicted octanol–water partition coefficient (Wildman–Crippen LogP) is 1.49. The first-order valence-corrected chi connectivity index (χ1v) is 4.36. The molecule has 0 unspecified atom stereocenters. The van der Waals surface area contributed by atoms with Crippen molar-refractivity contribution in [2.75, 3.05) is 11.9 Å². The van der Waals surface area contributed by atoms with Gasteiger partial charge in [0, 0.05) is 18.8 Å². The van der Waals surface area contributed by atoms with E-state index in [2.05, 4.69) is 11.6 Å². The summed E-state index contributed by atoms with van der Waals surface area (Å²) in [5.41, 5.74) is 0.779. The molecule has 1 amide bonds. The molecule has 0 spiro atoms. The first-order chi connectivity index (χ1) is 7.07. The Morgan fingerprint density at radius 3 is 2.87 bits per heavy atom. The lowest BCUT2D eigenvalue weighted by molar-refractivity contribution is -0.114. The van der Waals surface area contributed by atoms with Gasteiger partial charge >= 0.3 is 0 Å². The molecule has 0 N–H and O–H groups in total. The largest absolute Gasteiger partial charge is 0.295 e. The fourth-order valence-electron chi connectivity index (χ4n) is 1.13. The Kier molecular flexibility index (Phi) is 3.19. The topological polar surface area (TPSA) is 57.0 Å². The summed E-state index contributed by atoms with van der Waals surface area (Å²) in [7, 11) is 1.57. The molecule has 0 bridgehead atoms. The molecule has 0 aliphatic rings. The standard InChI is InChI=1S/C11H11N3O/c1-8(2)11(15)14(3)10-9(7-12)5-4-6-13-10/h4-6H,1H2,2-3H3. The molecule has 0 aliphatic carbocycles. The minimum atomic E-state index is -0.245. The molecule has 0 aromatic carbocycles. The monoisotopic (exact) mass is 201 g/mol. The lowest BCUT2D eigenvalue weighted by Crippen LogP contribution is -2.28. The molecular weight excluding hydrogens is 190 g/mol. The average molecular weight is 201 g/mol. The Labute approximate surface area is 88.5 Å². The molecule has 0 saturated carbocycles. The molecule has 0 radical (unpaired) electrons. The van der Waals surface area contributed by atoms with Crippen LogP contribution in [0.15, 0.2) is 30.5 Å². The summed E-state index contributed by atoms with van der Waals surface area (Å²) in [6.07, 6.45) is 1.54. The normalized spacial score (nSPS) is 9.13. The van der Waals surface area contributed by atoms with Crippen LogP contribution in [-0.2, 0) is 4.79 Å². The van der Waals surface area contributed by atoms with Crippen molar-refractivity contribution in [2.45, 2.75) is 6.92 Å². The Morgan fingerprint density at radius 1 is 1.67 bits per heavy atom. The molecule has 1 aromatic rings. The Balaban J connectivity index is 3.12. The van der Waals surface area contributed by atoms with Crippen LogP contribution in [0.5, 0.6) is 0 Å². The fraction of sp³-hybridized carbons (Fsp3) is 0.182. The van der Waals surface area contributed by atoms with Gasteiger partial charge in [-0.25, -0.2) is 4.98 Å². The number of hydrogen-bond acceptors (Lipinski definition) is 3. The van der Waals surface area contributed by atoms with Crippen LogP contribution in [-0.4, -0.2) is 17.9 Å². The summed E-state index contributed by atoms with van der Waals surface area (Å²) >= 11 is 0. The van der Waals surface area contributed by atoms with Gasteiger partial charge in [-0.15, -0.1) is 0 Å². The number of nitrogens with zero attached hydrogens (tertiary/aromatic N) is 3. The maximum Gasteiger partial charge on any atom is 0.254 e. The Bertz CT molecular complexity index is 445. The first-order valence-electron chi connectivity index (χ1n) is 4.36. The van der Waals surface area contributed by atoms with Gasteiger partial charge in [-0.05, 0) is 19.1 Å². The minimum Gasteiger partial charge on any atom is -0.295 e. The van der Waals surface area contributed by atoms with Crippen molar-refractivity contribution in [3.8, 4) is 6.07 Å². The van der Waals surface area contributed by atoms with Crippen LogP contribution in [0.4, 0.5) is 5.82 Å². The minimum absolute atomic E-state index is 0.245. The number of carbonyl (C=O) groups is 1. The highest BCUT2D eigenvalue weighted by molar-refractivity contribution is 6.04. The van der Waals surface area contributed by atoms with E-state index in [0.29, 0.717) is 17.0 Å². The summed E-state index contributed by atoms with van der Waals surface area (Å²) in [6, 6.07) is 5.25. The van der Waals surface area contributed by atoms with E-state index in [1.165, 1.54) is 4.90 Å². The first kappa shape index (κ1) is 10.9. The SMILES string of the molecule is C=C(C)C(=O)N(C)c1ncccc1C#N. The van der Waals surface area contributed by atoms with Crippen LogP contribution in [0, 0.1) is 11.3 Å². The van der Waals surface area contributed by atoms with Crippen LogP contribution in [0.1, 0.15) is 12.5 Å². The zero-order valence-corrected chi connectivity index (χ0v) is 8.69. The van der Waals surface area contributed by atoms with Crippen molar-refractivity contribution in [3.63, 3.8) is 0 Å². The van der Waals surface area contributed by atoms with E-state index in [-0.39, 0.29) is 5.91 Å². The maximum absolute atomic E-state index is 11.6. The van der Waals surface area contributed by atoms with E-state index in [1.54, 1.807) is 32.3 Å². The molecule has 4 heteroatoms. The molecule has 4 nitrogen and oxygen atoms in total. The van der Waals surface area contributed by atoms with Crippen LogP contribution in [0.2, 0.25) is 0 Å². The number of pyridine rings is 1. The van der Waals surface area contributed by atoms with Gasteiger partial charge in [-0.2, -0.15) is 5.26 Å². The number of likely N-dealkylation sites (N-methyl/N-ethyl adjacent to an activating group) is 1. The lowest BCUT2D eigenvalue weighted by Gasteiger charge is -2.16. The average Bonchev–Trinajstić information content (AvgIpc) is 2.26. The molecule has 76 valence electrons. The van der Waals surface area contributed by atoms with Gasteiger partial charge < -0.3 is 0 Å². The Hall–Kier alpha value is -2.15. The number of nitriles is 1. The molecule has 1 heterocycles. The van der Waals surface area contributed by atoms with Crippen molar-refractivity contribution in [1.82, 2.24) is 4.98 Å². The number of amides is 1. The zero-order valence-electron chi connectivity index (χ0n) is 8.69. The van der Waals surface area contributed by atoms with Gasteiger partial charge in [0.05, 0.1) is 5.56 Å². The molecule has 1 aromatic heterocycles.